The average Bonchev–Trinajstić information content (AvgIpc) is 3.17. The second-order valence-corrected chi connectivity index (χ2v) is 5.70. The highest BCUT2D eigenvalue weighted by Gasteiger charge is 2.14. The highest BCUT2D eigenvalue weighted by molar-refractivity contribution is 6.29. The molecule has 26 heavy (non-hydrogen) atoms. The molecule has 7 nitrogen and oxygen atoms in total. The topological polar surface area (TPSA) is 96.5 Å². The van der Waals surface area contributed by atoms with E-state index in [2.05, 4.69) is 10.2 Å². The van der Waals surface area contributed by atoms with Crippen molar-refractivity contribution >= 4 is 29.2 Å². The van der Waals surface area contributed by atoms with Crippen molar-refractivity contribution in [3.05, 3.63) is 54.1 Å². The summed E-state index contributed by atoms with van der Waals surface area (Å²) in [5.41, 5.74) is 2.02. The maximum absolute atomic E-state index is 11.6. The fourth-order valence-corrected chi connectivity index (χ4v) is 2.48. The van der Waals surface area contributed by atoms with E-state index in [0.717, 1.165) is 0 Å². The molecule has 0 fully saturated rings. The molecule has 0 aliphatic carbocycles. The van der Waals surface area contributed by atoms with Crippen LogP contribution >= 0.6 is 11.6 Å². The monoisotopic (exact) mass is 371 g/mol. The molecular weight excluding hydrogens is 358 g/mol. The van der Waals surface area contributed by atoms with E-state index in [1.54, 1.807) is 43.4 Å². The lowest BCUT2D eigenvalue weighted by Gasteiger charge is -2.15. The molecule has 3 aromatic rings. The van der Waals surface area contributed by atoms with Gasteiger partial charge in [-0.1, -0.05) is 6.07 Å². The third-order valence-corrected chi connectivity index (χ3v) is 4.00. The summed E-state index contributed by atoms with van der Waals surface area (Å²) in [7, 11) is 1.64. The van der Waals surface area contributed by atoms with E-state index < -0.39 is 5.97 Å². The highest BCUT2D eigenvalue weighted by Crippen LogP contribution is 2.26. The number of nitrogens with zero attached hydrogens (tertiary/aromatic N) is 3. The van der Waals surface area contributed by atoms with Gasteiger partial charge in [-0.2, -0.15) is 0 Å². The second-order valence-electron chi connectivity index (χ2n) is 5.43. The number of anilines is 1. The number of hydrogen-bond donors (Lipinski definition) is 1. The van der Waals surface area contributed by atoms with E-state index in [0.29, 0.717) is 22.7 Å². The summed E-state index contributed by atoms with van der Waals surface area (Å²) < 4.78 is 5.64. The lowest BCUT2D eigenvalue weighted by atomic mass is 10.1. The van der Waals surface area contributed by atoms with Crippen molar-refractivity contribution in [2.45, 2.75) is 0 Å². The number of carboxylic acid groups (broad SMARTS) is 1. The van der Waals surface area contributed by atoms with Crippen LogP contribution < -0.4 is 4.90 Å². The Labute approximate surface area is 153 Å². The first-order valence-electron chi connectivity index (χ1n) is 7.60. The molecule has 1 N–H and O–H groups in total. The Morgan fingerprint density at radius 2 is 1.73 bits per heavy atom. The van der Waals surface area contributed by atoms with Crippen LogP contribution in [0.2, 0.25) is 0 Å². The Kier molecular flexibility index (Phi) is 4.99. The van der Waals surface area contributed by atoms with Crippen LogP contribution in [-0.2, 0) is 4.79 Å². The van der Waals surface area contributed by atoms with E-state index in [-0.39, 0.29) is 23.2 Å². The van der Waals surface area contributed by atoms with Crippen molar-refractivity contribution in [3.63, 3.8) is 0 Å². The number of carbonyl (C=O) groups is 2. The van der Waals surface area contributed by atoms with E-state index in [9.17, 15) is 9.59 Å². The fourth-order valence-electron chi connectivity index (χ4n) is 2.30. The summed E-state index contributed by atoms with van der Waals surface area (Å²) >= 11 is 5.55. The molecule has 2 aromatic carbocycles. The molecule has 0 atom stereocenters. The van der Waals surface area contributed by atoms with Crippen LogP contribution in [0.15, 0.2) is 52.9 Å². The molecule has 0 spiro atoms. The number of halogens is 1. The van der Waals surface area contributed by atoms with Crippen LogP contribution in [0.5, 0.6) is 0 Å². The molecule has 132 valence electrons. The first kappa shape index (κ1) is 17.6. The molecule has 0 aliphatic heterocycles. The Morgan fingerprint density at radius 3 is 2.35 bits per heavy atom. The molecule has 8 heteroatoms. The molecular formula is C18H14ClN3O4. The number of amides is 1. The quantitative estimate of drug-likeness (QED) is 0.691. The van der Waals surface area contributed by atoms with Gasteiger partial charge in [0.25, 0.3) is 0 Å². The molecule has 0 saturated heterocycles. The van der Waals surface area contributed by atoms with Gasteiger partial charge in [0, 0.05) is 23.9 Å². The largest absolute Gasteiger partial charge is 0.478 e. The number of carboxylic acids is 1. The molecule has 1 aromatic heterocycles. The summed E-state index contributed by atoms with van der Waals surface area (Å²) in [5.74, 6) is -0.823. The smallest absolute Gasteiger partial charge is 0.335 e. The van der Waals surface area contributed by atoms with Crippen molar-refractivity contribution in [3.8, 4) is 22.9 Å². The number of aromatic nitrogens is 2. The van der Waals surface area contributed by atoms with Crippen molar-refractivity contribution in [2.75, 3.05) is 17.8 Å². The van der Waals surface area contributed by atoms with E-state index in [1.807, 2.05) is 0 Å². The lowest BCUT2D eigenvalue weighted by Crippen LogP contribution is -2.26. The van der Waals surface area contributed by atoms with Gasteiger partial charge in [0.15, 0.2) is 0 Å². The van der Waals surface area contributed by atoms with Crippen LogP contribution in [0.4, 0.5) is 5.69 Å². The SMILES string of the molecule is CN(C(=O)CCl)c1ccc(-c2nnc(-c3cccc(C(=O)O)c3)o2)cc1. The predicted molar refractivity (Wildman–Crippen MR) is 96.3 cm³/mol. The van der Waals surface area contributed by atoms with E-state index in [1.165, 1.54) is 17.0 Å². The summed E-state index contributed by atoms with van der Waals surface area (Å²) in [4.78, 5) is 24.1. The average molecular weight is 372 g/mol. The summed E-state index contributed by atoms with van der Waals surface area (Å²) in [6.07, 6.45) is 0. The van der Waals surface area contributed by atoms with Crippen LogP contribution in [0.25, 0.3) is 22.9 Å². The van der Waals surface area contributed by atoms with Crippen LogP contribution in [0, 0.1) is 0 Å². The van der Waals surface area contributed by atoms with Crippen LogP contribution in [-0.4, -0.2) is 40.1 Å². The molecule has 3 rings (SSSR count). The van der Waals surface area contributed by atoms with Crippen molar-refractivity contribution in [1.82, 2.24) is 10.2 Å². The number of hydrogen-bond acceptors (Lipinski definition) is 5. The fraction of sp³-hybridized carbons (Fsp3) is 0.111. The maximum atomic E-state index is 11.6. The van der Waals surface area contributed by atoms with Gasteiger partial charge in [0.2, 0.25) is 17.7 Å². The normalized spacial score (nSPS) is 10.5. The zero-order valence-electron chi connectivity index (χ0n) is 13.7. The highest BCUT2D eigenvalue weighted by atomic mass is 35.5. The molecule has 0 bridgehead atoms. The standard InChI is InChI=1S/C18H14ClN3O4/c1-22(15(23)10-19)14-7-5-11(6-8-14)16-20-21-17(26-16)12-3-2-4-13(9-12)18(24)25/h2-9H,10H2,1H3,(H,24,25). The summed E-state index contributed by atoms with van der Waals surface area (Å²) in [6, 6.07) is 13.2. The first-order chi connectivity index (χ1) is 12.5. The van der Waals surface area contributed by atoms with Crippen LogP contribution in [0.3, 0.4) is 0 Å². The third-order valence-electron chi connectivity index (χ3n) is 3.77. The molecule has 1 amide bonds. The molecule has 1 heterocycles. The maximum Gasteiger partial charge on any atom is 0.335 e. The van der Waals surface area contributed by atoms with E-state index in [4.69, 9.17) is 21.1 Å². The van der Waals surface area contributed by atoms with E-state index >= 15 is 0 Å². The minimum atomic E-state index is -1.03. The molecule has 0 saturated carbocycles. The predicted octanol–water partition coefficient (Wildman–Crippen LogP) is 3.30. The van der Waals surface area contributed by atoms with Crippen molar-refractivity contribution in [1.29, 1.82) is 0 Å². The molecule has 0 radical (unpaired) electrons. The molecule has 0 aliphatic rings. The second kappa shape index (κ2) is 7.37. The van der Waals surface area contributed by atoms with Crippen molar-refractivity contribution < 1.29 is 19.1 Å². The lowest BCUT2D eigenvalue weighted by molar-refractivity contribution is -0.116. The van der Waals surface area contributed by atoms with Gasteiger partial charge in [0.05, 0.1) is 5.56 Å². The Hall–Kier alpha value is -3.19. The summed E-state index contributed by atoms with van der Waals surface area (Å²) in [6.45, 7) is 0. The Balaban J connectivity index is 1.85. The van der Waals surface area contributed by atoms with Crippen LogP contribution in [0.1, 0.15) is 10.4 Å². The van der Waals surface area contributed by atoms with Gasteiger partial charge in [-0.3, -0.25) is 4.79 Å². The minimum absolute atomic E-state index is 0.0966. The zero-order chi connectivity index (χ0) is 18.7. The zero-order valence-corrected chi connectivity index (χ0v) is 14.5. The number of aromatic carboxylic acids is 1. The minimum Gasteiger partial charge on any atom is -0.478 e. The van der Waals surface area contributed by atoms with Gasteiger partial charge in [-0.05, 0) is 42.5 Å². The number of alkyl halides is 1. The van der Waals surface area contributed by atoms with Gasteiger partial charge in [-0.15, -0.1) is 21.8 Å². The van der Waals surface area contributed by atoms with Gasteiger partial charge in [-0.25, -0.2) is 4.79 Å². The van der Waals surface area contributed by atoms with Gasteiger partial charge in [0.1, 0.15) is 5.88 Å². The molecule has 0 unspecified atom stereocenters. The Morgan fingerprint density at radius 1 is 1.08 bits per heavy atom. The van der Waals surface area contributed by atoms with Crippen molar-refractivity contribution in [2.24, 2.45) is 0 Å². The first-order valence-corrected chi connectivity index (χ1v) is 8.13. The van der Waals surface area contributed by atoms with Gasteiger partial charge >= 0.3 is 5.97 Å². The number of carbonyl (C=O) groups excluding carboxylic acids is 1. The van der Waals surface area contributed by atoms with Gasteiger partial charge < -0.3 is 14.4 Å². The number of benzene rings is 2. The third kappa shape index (κ3) is 3.57. The summed E-state index contributed by atoms with van der Waals surface area (Å²) in [5, 5.41) is 17.0. The Bertz CT molecular complexity index is 953. The number of rotatable bonds is 5.